The van der Waals surface area contributed by atoms with E-state index in [1.165, 1.54) is 0 Å². The Kier molecular flexibility index (Phi) is 3.74. The second-order valence-corrected chi connectivity index (χ2v) is 8.23. The van der Waals surface area contributed by atoms with Crippen LogP contribution in [-0.2, 0) is 0 Å². The third-order valence-corrected chi connectivity index (χ3v) is 6.59. The number of hydrogen-bond donors (Lipinski definition) is 0. The van der Waals surface area contributed by atoms with Crippen LogP contribution in [0.3, 0.4) is 0 Å². The van der Waals surface area contributed by atoms with Crippen molar-refractivity contribution in [1.82, 2.24) is 15.2 Å². The maximum atomic E-state index is 12.4. The summed E-state index contributed by atoms with van der Waals surface area (Å²) in [4.78, 5) is 16.9. The van der Waals surface area contributed by atoms with E-state index in [9.17, 15) is 4.79 Å². The van der Waals surface area contributed by atoms with Gasteiger partial charge in [-0.1, -0.05) is 0 Å². The van der Waals surface area contributed by atoms with E-state index in [-0.39, 0.29) is 20.1 Å². The predicted octanol–water partition coefficient (Wildman–Crippen LogP) is 3.83. The Balaban J connectivity index is 2.00. The first-order valence-electron chi connectivity index (χ1n) is 8.44. The van der Waals surface area contributed by atoms with Gasteiger partial charge in [-0.05, 0) is 0 Å². The van der Waals surface area contributed by atoms with Gasteiger partial charge >= 0.3 is 160 Å². The minimum absolute atomic E-state index is 0.266. The van der Waals surface area contributed by atoms with E-state index in [2.05, 4.69) is 15.2 Å². The summed E-state index contributed by atoms with van der Waals surface area (Å²) in [5, 5.41) is 9.91. The van der Waals surface area contributed by atoms with E-state index in [1.54, 1.807) is 6.92 Å². The van der Waals surface area contributed by atoms with Gasteiger partial charge in [0.2, 0.25) is 0 Å². The van der Waals surface area contributed by atoms with Crippen molar-refractivity contribution in [2.24, 2.45) is 0 Å². The van der Waals surface area contributed by atoms with Gasteiger partial charge in [-0.2, -0.15) is 0 Å². The molecule has 3 heterocycles. The first-order chi connectivity index (χ1) is 13.2. The summed E-state index contributed by atoms with van der Waals surface area (Å²) in [7, 11) is 0. The number of rotatable bonds is 2. The Hall–Kier alpha value is -3.08. The molecule has 130 valence electrons. The van der Waals surface area contributed by atoms with E-state index in [0.29, 0.717) is 15.7 Å². The van der Waals surface area contributed by atoms with Crippen LogP contribution in [0, 0.1) is 6.92 Å². The van der Waals surface area contributed by atoms with Crippen LogP contribution >= 0.6 is 0 Å². The van der Waals surface area contributed by atoms with Gasteiger partial charge in [-0.15, -0.1) is 0 Å². The summed E-state index contributed by atoms with van der Waals surface area (Å²) in [6.45, 7) is 1.70. The molecule has 0 atom stereocenters. The van der Waals surface area contributed by atoms with Gasteiger partial charge in [0.25, 0.3) is 0 Å². The van der Waals surface area contributed by atoms with Crippen LogP contribution in [-0.4, -0.2) is 29.7 Å². The number of hydrogen-bond acceptors (Lipinski definition) is 5. The molecular weight excluding hydrogens is 405 g/mol. The number of benzene rings is 2. The third kappa shape index (κ3) is 2.62. The van der Waals surface area contributed by atoms with Crippen molar-refractivity contribution in [3.8, 4) is 22.4 Å². The standard InChI is InChI=1S/C21H13N3O2Se/c1-12-22-18-16-15(13-8-4-2-5-9-13)17(14-10-6-3-7-11-14)23-24-20(16)27-19(18)21(25)26-12/h2-11H,1H3. The molecule has 0 aliphatic carbocycles. The molecule has 5 aromatic rings. The van der Waals surface area contributed by atoms with Crippen molar-refractivity contribution in [3.05, 3.63) is 77.0 Å². The van der Waals surface area contributed by atoms with Gasteiger partial charge < -0.3 is 0 Å². The molecule has 0 aliphatic heterocycles. The molecule has 0 saturated heterocycles. The van der Waals surface area contributed by atoms with Gasteiger partial charge in [-0.25, -0.2) is 0 Å². The Labute approximate surface area is 160 Å². The molecule has 0 unspecified atom stereocenters. The van der Waals surface area contributed by atoms with Crippen LogP contribution in [0.5, 0.6) is 0 Å². The summed E-state index contributed by atoms with van der Waals surface area (Å²) in [5.41, 5.74) is 4.12. The van der Waals surface area contributed by atoms with Crippen LogP contribution in [0.4, 0.5) is 0 Å². The van der Waals surface area contributed by atoms with Crippen LogP contribution in [0.1, 0.15) is 5.89 Å². The Morgan fingerprint density at radius 1 is 0.889 bits per heavy atom. The molecule has 27 heavy (non-hydrogen) atoms. The van der Waals surface area contributed by atoms with E-state index in [4.69, 9.17) is 4.42 Å². The summed E-state index contributed by atoms with van der Waals surface area (Å²) < 4.78 is 6.64. The van der Waals surface area contributed by atoms with E-state index < -0.39 is 0 Å². The molecule has 0 fully saturated rings. The molecule has 0 bridgehead atoms. The van der Waals surface area contributed by atoms with Crippen molar-refractivity contribution in [3.63, 3.8) is 0 Å². The normalized spacial score (nSPS) is 11.3. The van der Waals surface area contributed by atoms with Crippen molar-refractivity contribution in [2.45, 2.75) is 6.92 Å². The summed E-state index contributed by atoms with van der Waals surface area (Å²) in [5.74, 6) is 0.361. The molecule has 0 saturated carbocycles. The number of nitrogens with zero attached hydrogens (tertiary/aromatic N) is 3. The Morgan fingerprint density at radius 3 is 2.26 bits per heavy atom. The summed E-state index contributed by atoms with van der Waals surface area (Å²) >= 11 is -0.266. The first kappa shape index (κ1) is 16.1. The van der Waals surface area contributed by atoms with Gasteiger partial charge in [0.1, 0.15) is 0 Å². The zero-order valence-electron chi connectivity index (χ0n) is 14.3. The first-order valence-corrected chi connectivity index (χ1v) is 10.1. The van der Waals surface area contributed by atoms with E-state index in [1.807, 2.05) is 60.7 Å². The Morgan fingerprint density at radius 2 is 1.56 bits per heavy atom. The molecule has 3 aromatic heterocycles. The van der Waals surface area contributed by atoms with Crippen LogP contribution in [0.15, 0.2) is 69.9 Å². The number of fused-ring (bicyclic) bond motifs is 3. The fraction of sp³-hybridized carbons (Fsp3) is 0.0476. The van der Waals surface area contributed by atoms with Crippen LogP contribution < -0.4 is 5.63 Å². The molecule has 0 amide bonds. The molecular formula is C21H13N3O2Se. The van der Waals surface area contributed by atoms with Crippen molar-refractivity contribution >= 4 is 34.1 Å². The maximum absolute atomic E-state index is 12.4. The predicted molar refractivity (Wildman–Crippen MR) is 106 cm³/mol. The summed E-state index contributed by atoms with van der Waals surface area (Å²) in [6, 6.07) is 20.0. The molecule has 6 heteroatoms. The monoisotopic (exact) mass is 419 g/mol. The zero-order chi connectivity index (χ0) is 18.4. The SMILES string of the molecule is Cc1nc2c([se]c3nnc(-c4ccccc4)c(-c4ccccc4)c32)c(=O)o1. The van der Waals surface area contributed by atoms with Gasteiger partial charge in [0, 0.05) is 0 Å². The second-order valence-electron chi connectivity index (χ2n) is 6.14. The van der Waals surface area contributed by atoms with Crippen LogP contribution in [0.2, 0.25) is 0 Å². The van der Waals surface area contributed by atoms with E-state index >= 15 is 0 Å². The van der Waals surface area contributed by atoms with Crippen molar-refractivity contribution in [1.29, 1.82) is 0 Å². The minimum atomic E-state index is -0.323. The zero-order valence-corrected chi connectivity index (χ0v) is 16.1. The van der Waals surface area contributed by atoms with Crippen molar-refractivity contribution < 1.29 is 4.42 Å². The average molecular weight is 418 g/mol. The molecule has 5 nitrogen and oxygen atoms in total. The second kappa shape index (κ2) is 6.27. The van der Waals surface area contributed by atoms with Crippen molar-refractivity contribution in [2.75, 3.05) is 0 Å². The summed E-state index contributed by atoms with van der Waals surface area (Å²) in [6.07, 6.45) is 0. The van der Waals surface area contributed by atoms with Gasteiger partial charge in [0.15, 0.2) is 0 Å². The quantitative estimate of drug-likeness (QED) is 0.408. The fourth-order valence-electron chi connectivity index (χ4n) is 3.26. The van der Waals surface area contributed by atoms with E-state index in [0.717, 1.165) is 32.2 Å². The number of aromatic nitrogens is 3. The molecule has 2 aromatic carbocycles. The topological polar surface area (TPSA) is 68.9 Å². The third-order valence-electron chi connectivity index (χ3n) is 4.40. The molecule has 0 aliphatic rings. The average Bonchev–Trinajstić information content (AvgIpc) is 3.08. The fourth-order valence-corrected chi connectivity index (χ4v) is 5.24. The number of aryl methyl sites for hydroxylation is 1. The molecule has 0 radical (unpaired) electrons. The van der Waals surface area contributed by atoms with Gasteiger partial charge in [0.05, 0.1) is 0 Å². The molecule has 0 N–H and O–H groups in total. The Bertz CT molecular complexity index is 1340. The molecule has 5 rings (SSSR count). The van der Waals surface area contributed by atoms with Crippen LogP contribution in [0.25, 0.3) is 41.9 Å². The molecule has 0 spiro atoms. The van der Waals surface area contributed by atoms with Gasteiger partial charge in [-0.3, -0.25) is 0 Å².